The van der Waals surface area contributed by atoms with Gasteiger partial charge < -0.3 is 9.64 Å². The van der Waals surface area contributed by atoms with Gasteiger partial charge in [-0.2, -0.15) is 0 Å². The second-order valence-electron chi connectivity index (χ2n) is 4.12. The number of carbonyl (C=O) groups is 1. The molecule has 2 rings (SSSR count). The zero-order valence-electron chi connectivity index (χ0n) is 9.82. The number of nitrogens with zero attached hydrogens (tertiary/aromatic N) is 1. The molecule has 1 fully saturated rings. The molecule has 1 aromatic rings. The van der Waals surface area contributed by atoms with Crippen LogP contribution in [0.3, 0.4) is 0 Å². The van der Waals surface area contributed by atoms with Crippen LogP contribution in [0.4, 0.5) is 0 Å². The second kappa shape index (κ2) is 6.15. The Kier molecular flexibility index (Phi) is 4.81. The van der Waals surface area contributed by atoms with Crippen molar-refractivity contribution in [2.45, 2.75) is 25.9 Å². The molecule has 0 aliphatic carbocycles. The van der Waals surface area contributed by atoms with Crippen LogP contribution in [0.15, 0.2) is 11.4 Å². The lowest BCUT2D eigenvalue weighted by molar-refractivity contribution is 0.0539. The van der Waals surface area contributed by atoms with E-state index in [2.05, 4.69) is 22.6 Å². The van der Waals surface area contributed by atoms with E-state index >= 15 is 0 Å². The molecule has 5 heteroatoms. The van der Waals surface area contributed by atoms with Gasteiger partial charge in [0, 0.05) is 25.1 Å². The van der Waals surface area contributed by atoms with Crippen LogP contribution in [0.5, 0.6) is 0 Å². The quantitative estimate of drug-likeness (QED) is 0.768. The summed E-state index contributed by atoms with van der Waals surface area (Å²) in [6, 6.07) is 1.95. The van der Waals surface area contributed by atoms with Gasteiger partial charge in [0.1, 0.15) is 0 Å². The van der Waals surface area contributed by atoms with Crippen LogP contribution in [-0.2, 0) is 4.74 Å². The van der Waals surface area contributed by atoms with Crippen molar-refractivity contribution in [1.82, 2.24) is 4.90 Å². The minimum Gasteiger partial charge on any atom is -0.376 e. The largest absolute Gasteiger partial charge is 0.376 e. The lowest BCUT2D eigenvalue weighted by Gasteiger charge is -2.23. The fourth-order valence-electron chi connectivity index (χ4n) is 1.99. The van der Waals surface area contributed by atoms with Crippen molar-refractivity contribution in [3.05, 3.63) is 19.9 Å². The van der Waals surface area contributed by atoms with E-state index in [0.29, 0.717) is 0 Å². The van der Waals surface area contributed by atoms with Crippen molar-refractivity contribution >= 4 is 39.8 Å². The first-order valence-corrected chi connectivity index (χ1v) is 7.81. The Labute approximate surface area is 119 Å². The van der Waals surface area contributed by atoms with E-state index in [1.807, 2.05) is 23.3 Å². The number of hydrogen-bond acceptors (Lipinski definition) is 3. The molecule has 2 heterocycles. The molecule has 0 bridgehead atoms. The van der Waals surface area contributed by atoms with E-state index in [-0.39, 0.29) is 12.0 Å². The first kappa shape index (κ1) is 13.3. The van der Waals surface area contributed by atoms with Gasteiger partial charge >= 0.3 is 0 Å². The van der Waals surface area contributed by atoms with Crippen LogP contribution in [0.1, 0.15) is 30.1 Å². The third-order valence-corrected chi connectivity index (χ3v) is 4.72. The normalized spacial score (nSPS) is 19.5. The van der Waals surface area contributed by atoms with Gasteiger partial charge in [0.05, 0.1) is 14.6 Å². The van der Waals surface area contributed by atoms with Crippen LogP contribution in [0, 0.1) is 2.88 Å². The first-order chi connectivity index (χ1) is 8.20. The summed E-state index contributed by atoms with van der Waals surface area (Å²) in [6.07, 6.45) is 2.43. The fourth-order valence-corrected chi connectivity index (χ4v) is 3.31. The maximum Gasteiger partial charge on any atom is 0.254 e. The van der Waals surface area contributed by atoms with Crippen molar-refractivity contribution in [3.63, 3.8) is 0 Å². The van der Waals surface area contributed by atoms with Crippen LogP contribution in [0.2, 0.25) is 0 Å². The van der Waals surface area contributed by atoms with Crippen molar-refractivity contribution in [1.29, 1.82) is 0 Å². The molecule has 17 heavy (non-hydrogen) atoms. The monoisotopic (exact) mass is 365 g/mol. The Hall–Kier alpha value is -0.140. The van der Waals surface area contributed by atoms with E-state index in [1.165, 1.54) is 0 Å². The Morgan fingerprint density at radius 2 is 2.53 bits per heavy atom. The molecule has 0 N–H and O–H groups in total. The molecule has 1 amide bonds. The smallest absolute Gasteiger partial charge is 0.254 e. The summed E-state index contributed by atoms with van der Waals surface area (Å²) in [5, 5.41) is 1.93. The molecule has 1 saturated heterocycles. The molecule has 1 aromatic heterocycles. The van der Waals surface area contributed by atoms with Gasteiger partial charge in [0.25, 0.3) is 5.91 Å². The third-order valence-electron chi connectivity index (χ3n) is 2.93. The van der Waals surface area contributed by atoms with Crippen molar-refractivity contribution in [2.75, 3.05) is 19.7 Å². The van der Waals surface area contributed by atoms with Gasteiger partial charge in [0.2, 0.25) is 0 Å². The highest BCUT2D eigenvalue weighted by Crippen LogP contribution is 2.19. The molecule has 3 nitrogen and oxygen atoms in total. The number of amides is 1. The van der Waals surface area contributed by atoms with Crippen LogP contribution >= 0.6 is 33.9 Å². The van der Waals surface area contributed by atoms with Crippen LogP contribution in [-0.4, -0.2) is 36.6 Å². The van der Waals surface area contributed by atoms with E-state index < -0.39 is 0 Å². The maximum atomic E-state index is 12.3. The number of halogens is 1. The summed E-state index contributed by atoms with van der Waals surface area (Å²) < 4.78 is 6.74. The Morgan fingerprint density at radius 1 is 1.71 bits per heavy atom. The number of carbonyl (C=O) groups excluding carboxylic acids is 1. The Bertz CT molecular complexity index is 388. The number of hydrogen-bond donors (Lipinski definition) is 0. The molecule has 1 aliphatic rings. The van der Waals surface area contributed by atoms with E-state index in [9.17, 15) is 4.79 Å². The van der Waals surface area contributed by atoms with Crippen molar-refractivity contribution < 1.29 is 9.53 Å². The van der Waals surface area contributed by atoms with Crippen LogP contribution in [0.25, 0.3) is 0 Å². The predicted molar refractivity (Wildman–Crippen MR) is 77.6 cm³/mol. The standard InChI is InChI=1S/C12H16INO2S/c1-2-14(7-10-4-3-5-16-10)12(15)9-6-11(13)17-8-9/h6,8,10H,2-5,7H2,1H3. The zero-order valence-corrected chi connectivity index (χ0v) is 12.8. The van der Waals surface area contributed by atoms with E-state index in [4.69, 9.17) is 4.74 Å². The van der Waals surface area contributed by atoms with Gasteiger partial charge in [0.15, 0.2) is 0 Å². The van der Waals surface area contributed by atoms with Crippen molar-refractivity contribution in [2.24, 2.45) is 0 Å². The molecule has 0 radical (unpaired) electrons. The Balaban J connectivity index is 1.99. The van der Waals surface area contributed by atoms with Gasteiger partial charge in [-0.25, -0.2) is 0 Å². The summed E-state index contributed by atoms with van der Waals surface area (Å²) in [7, 11) is 0. The SMILES string of the molecule is CCN(CC1CCCO1)C(=O)c1csc(I)c1. The van der Waals surface area contributed by atoms with Crippen molar-refractivity contribution in [3.8, 4) is 0 Å². The lowest BCUT2D eigenvalue weighted by Crippen LogP contribution is -2.37. The summed E-state index contributed by atoms with van der Waals surface area (Å²) in [5.41, 5.74) is 0.805. The summed E-state index contributed by atoms with van der Waals surface area (Å²) in [5.74, 6) is 0.127. The van der Waals surface area contributed by atoms with Gasteiger partial charge in [-0.3, -0.25) is 4.79 Å². The highest BCUT2D eigenvalue weighted by Gasteiger charge is 2.22. The summed E-state index contributed by atoms with van der Waals surface area (Å²) >= 11 is 3.85. The fraction of sp³-hybridized carbons (Fsp3) is 0.583. The highest BCUT2D eigenvalue weighted by molar-refractivity contribution is 14.1. The average molecular weight is 365 g/mol. The third kappa shape index (κ3) is 3.42. The molecular weight excluding hydrogens is 349 g/mol. The van der Waals surface area contributed by atoms with E-state index in [1.54, 1.807) is 11.3 Å². The second-order valence-corrected chi connectivity index (χ2v) is 6.92. The van der Waals surface area contributed by atoms with Crippen LogP contribution < -0.4 is 0 Å². The Morgan fingerprint density at radius 3 is 3.06 bits per heavy atom. The molecular formula is C12H16INO2S. The van der Waals surface area contributed by atoms with Gasteiger partial charge in [-0.1, -0.05) is 0 Å². The zero-order chi connectivity index (χ0) is 12.3. The van der Waals surface area contributed by atoms with E-state index in [0.717, 1.165) is 41.0 Å². The number of likely N-dealkylation sites (N-methyl/N-ethyl adjacent to an activating group) is 1. The molecule has 94 valence electrons. The predicted octanol–water partition coefficient (Wildman–Crippen LogP) is 2.99. The van der Waals surface area contributed by atoms with Gasteiger partial charge in [-0.15, -0.1) is 11.3 Å². The summed E-state index contributed by atoms with van der Waals surface area (Å²) in [4.78, 5) is 14.1. The lowest BCUT2D eigenvalue weighted by atomic mass is 10.2. The number of rotatable bonds is 4. The maximum absolute atomic E-state index is 12.3. The topological polar surface area (TPSA) is 29.5 Å². The molecule has 0 saturated carbocycles. The molecule has 1 atom stereocenters. The molecule has 0 spiro atoms. The number of thiophene rings is 1. The summed E-state index contributed by atoms with van der Waals surface area (Å²) in [6.45, 7) is 4.32. The minimum absolute atomic E-state index is 0.127. The average Bonchev–Trinajstić information content (AvgIpc) is 2.96. The van der Waals surface area contributed by atoms with Gasteiger partial charge in [-0.05, 0) is 48.4 Å². The molecule has 1 unspecified atom stereocenters. The molecule has 1 aliphatic heterocycles. The number of ether oxygens (including phenoxy) is 1. The highest BCUT2D eigenvalue weighted by atomic mass is 127. The molecule has 0 aromatic carbocycles. The minimum atomic E-state index is 0.127. The first-order valence-electron chi connectivity index (χ1n) is 5.85.